The molecule has 1 fully saturated rings. The van der Waals surface area contributed by atoms with Gasteiger partial charge in [-0.15, -0.1) is 0 Å². The number of benzene rings is 1. The SMILES string of the molecule is COC(=O)[C@@]1(C)CC[C@@H](C=Cc2ccccc2)C1(C)C. The zero-order valence-corrected chi connectivity index (χ0v) is 12.8. The largest absolute Gasteiger partial charge is 0.469 e. The molecule has 0 amide bonds. The molecule has 0 aliphatic heterocycles. The minimum Gasteiger partial charge on any atom is -0.469 e. The van der Waals surface area contributed by atoms with Crippen LogP contribution in [0, 0.1) is 16.7 Å². The van der Waals surface area contributed by atoms with E-state index < -0.39 is 5.41 Å². The maximum absolute atomic E-state index is 12.1. The number of methoxy groups -OCH3 is 1. The minimum atomic E-state index is -0.395. The van der Waals surface area contributed by atoms with Gasteiger partial charge in [-0.1, -0.05) is 56.3 Å². The first-order valence-corrected chi connectivity index (χ1v) is 7.23. The zero-order valence-electron chi connectivity index (χ0n) is 12.8. The number of carbonyl (C=O) groups is 1. The van der Waals surface area contributed by atoms with Gasteiger partial charge in [0.15, 0.2) is 0 Å². The third-order valence-electron chi connectivity index (χ3n) is 5.26. The number of rotatable bonds is 3. The quantitative estimate of drug-likeness (QED) is 0.766. The molecule has 0 spiro atoms. The number of esters is 1. The van der Waals surface area contributed by atoms with Crippen molar-refractivity contribution in [1.82, 2.24) is 0 Å². The molecule has 0 saturated heterocycles. The van der Waals surface area contributed by atoms with Gasteiger partial charge < -0.3 is 4.74 Å². The molecule has 2 heteroatoms. The Morgan fingerprint density at radius 2 is 1.90 bits per heavy atom. The Hall–Kier alpha value is -1.57. The van der Waals surface area contributed by atoms with Crippen LogP contribution in [0.15, 0.2) is 36.4 Å². The first-order valence-electron chi connectivity index (χ1n) is 7.23. The molecule has 2 atom stereocenters. The topological polar surface area (TPSA) is 26.3 Å². The standard InChI is InChI=1S/C18H24O2/c1-17(2)15(11-10-14-8-6-5-7-9-14)12-13-18(17,3)16(19)20-4/h5-11,15H,12-13H2,1-4H3/t15-,18-/m1/s1. The molecular formula is C18H24O2. The fourth-order valence-corrected chi connectivity index (χ4v) is 3.25. The normalized spacial score (nSPS) is 28.7. The van der Waals surface area contributed by atoms with Gasteiger partial charge in [0.05, 0.1) is 12.5 Å². The van der Waals surface area contributed by atoms with Crippen molar-refractivity contribution < 1.29 is 9.53 Å². The van der Waals surface area contributed by atoms with E-state index >= 15 is 0 Å². The monoisotopic (exact) mass is 272 g/mol. The average molecular weight is 272 g/mol. The molecule has 0 aromatic heterocycles. The van der Waals surface area contributed by atoms with E-state index in [0.717, 1.165) is 12.8 Å². The summed E-state index contributed by atoms with van der Waals surface area (Å²) in [7, 11) is 1.48. The van der Waals surface area contributed by atoms with E-state index in [1.165, 1.54) is 12.7 Å². The van der Waals surface area contributed by atoms with E-state index in [-0.39, 0.29) is 11.4 Å². The Labute approximate surface area is 121 Å². The number of ether oxygens (including phenoxy) is 1. The highest BCUT2D eigenvalue weighted by molar-refractivity contribution is 5.78. The summed E-state index contributed by atoms with van der Waals surface area (Å²) in [6, 6.07) is 10.3. The molecule has 0 heterocycles. The van der Waals surface area contributed by atoms with Crippen molar-refractivity contribution >= 4 is 12.0 Å². The molecule has 2 nitrogen and oxygen atoms in total. The molecule has 0 unspecified atom stereocenters. The van der Waals surface area contributed by atoms with Gasteiger partial charge in [-0.25, -0.2) is 0 Å². The van der Waals surface area contributed by atoms with Crippen molar-refractivity contribution in [2.24, 2.45) is 16.7 Å². The Kier molecular flexibility index (Phi) is 4.03. The van der Waals surface area contributed by atoms with Crippen molar-refractivity contribution in [2.75, 3.05) is 7.11 Å². The van der Waals surface area contributed by atoms with Crippen molar-refractivity contribution in [2.45, 2.75) is 33.6 Å². The van der Waals surface area contributed by atoms with Gasteiger partial charge in [-0.05, 0) is 36.7 Å². The van der Waals surface area contributed by atoms with Crippen LogP contribution < -0.4 is 0 Å². The smallest absolute Gasteiger partial charge is 0.312 e. The third-order valence-corrected chi connectivity index (χ3v) is 5.26. The highest BCUT2D eigenvalue weighted by atomic mass is 16.5. The van der Waals surface area contributed by atoms with Crippen molar-refractivity contribution in [3.8, 4) is 0 Å². The van der Waals surface area contributed by atoms with Gasteiger partial charge in [0.2, 0.25) is 0 Å². The van der Waals surface area contributed by atoms with Gasteiger partial charge >= 0.3 is 5.97 Å². The maximum atomic E-state index is 12.1. The summed E-state index contributed by atoms with van der Waals surface area (Å²) in [6.07, 6.45) is 6.33. The molecule has 0 radical (unpaired) electrons. The molecule has 1 saturated carbocycles. The van der Waals surface area contributed by atoms with Crippen LogP contribution in [0.1, 0.15) is 39.2 Å². The second-order valence-electron chi connectivity index (χ2n) is 6.46. The number of hydrogen-bond donors (Lipinski definition) is 0. The Bertz CT molecular complexity index is 501. The van der Waals surface area contributed by atoms with Crippen LogP contribution in [0.25, 0.3) is 6.08 Å². The van der Waals surface area contributed by atoms with Crippen LogP contribution in [0.2, 0.25) is 0 Å². The molecule has 0 bridgehead atoms. The van der Waals surface area contributed by atoms with Gasteiger partial charge in [-0.2, -0.15) is 0 Å². The first-order chi connectivity index (χ1) is 9.41. The predicted octanol–water partition coefficient (Wildman–Crippen LogP) is 4.32. The minimum absolute atomic E-state index is 0.0851. The molecular weight excluding hydrogens is 248 g/mol. The van der Waals surface area contributed by atoms with E-state index in [4.69, 9.17) is 4.74 Å². The summed E-state index contributed by atoms with van der Waals surface area (Å²) in [5.41, 5.74) is 0.716. The molecule has 1 aliphatic rings. The summed E-state index contributed by atoms with van der Waals surface area (Å²) in [4.78, 5) is 12.1. The van der Waals surface area contributed by atoms with Crippen molar-refractivity contribution in [3.05, 3.63) is 42.0 Å². The summed E-state index contributed by atoms with van der Waals surface area (Å²) in [5.74, 6) is 0.310. The second-order valence-corrected chi connectivity index (χ2v) is 6.46. The molecule has 1 aromatic carbocycles. The van der Waals surface area contributed by atoms with Gasteiger partial charge in [0.1, 0.15) is 0 Å². The van der Waals surface area contributed by atoms with E-state index in [2.05, 4.69) is 38.1 Å². The average Bonchev–Trinajstić information content (AvgIpc) is 2.69. The second kappa shape index (κ2) is 5.43. The Balaban J connectivity index is 2.20. The van der Waals surface area contributed by atoms with Crippen molar-refractivity contribution in [1.29, 1.82) is 0 Å². The van der Waals surface area contributed by atoms with Gasteiger partial charge in [0.25, 0.3) is 0 Å². The van der Waals surface area contributed by atoms with Crippen LogP contribution in [-0.2, 0) is 9.53 Å². The molecule has 0 N–H and O–H groups in total. The lowest BCUT2D eigenvalue weighted by molar-refractivity contribution is -0.157. The van der Waals surface area contributed by atoms with Gasteiger partial charge in [-0.3, -0.25) is 4.79 Å². The number of hydrogen-bond acceptors (Lipinski definition) is 2. The molecule has 2 rings (SSSR count). The summed E-state index contributed by atoms with van der Waals surface area (Å²) < 4.78 is 5.02. The lowest BCUT2D eigenvalue weighted by Crippen LogP contribution is -2.41. The lowest BCUT2D eigenvalue weighted by Gasteiger charge is -2.38. The molecule has 108 valence electrons. The molecule has 1 aromatic rings. The van der Waals surface area contributed by atoms with Crippen LogP contribution in [0.4, 0.5) is 0 Å². The van der Waals surface area contributed by atoms with E-state index in [0.29, 0.717) is 5.92 Å². The van der Waals surface area contributed by atoms with Crippen molar-refractivity contribution in [3.63, 3.8) is 0 Å². The third kappa shape index (κ3) is 2.39. The Morgan fingerprint density at radius 1 is 1.25 bits per heavy atom. The highest BCUT2D eigenvalue weighted by Crippen LogP contribution is 2.57. The van der Waals surface area contributed by atoms with Gasteiger partial charge in [0, 0.05) is 0 Å². The fourth-order valence-electron chi connectivity index (χ4n) is 3.25. The molecule has 20 heavy (non-hydrogen) atoms. The maximum Gasteiger partial charge on any atom is 0.312 e. The fraction of sp³-hybridized carbons (Fsp3) is 0.500. The summed E-state index contributed by atoms with van der Waals surface area (Å²) >= 11 is 0. The van der Waals surface area contributed by atoms with E-state index in [1.807, 2.05) is 25.1 Å². The lowest BCUT2D eigenvalue weighted by atomic mass is 9.65. The Morgan fingerprint density at radius 3 is 2.50 bits per heavy atom. The van der Waals surface area contributed by atoms with Crippen LogP contribution in [0.3, 0.4) is 0 Å². The summed E-state index contributed by atoms with van der Waals surface area (Å²) in [6.45, 7) is 6.39. The van der Waals surface area contributed by atoms with Crippen LogP contribution in [0.5, 0.6) is 0 Å². The van der Waals surface area contributed by atoms with Crippen LogP contribution >= 0.6 is 0 Å². The summed E-state index contributed by atoms with van der Waals surface area (Å²) in [5, 5.41) is 0. The zero-order chi connectivity index (χ0) is 14.8. The van der Waals surface area contributed by atoms with E-state index in [1.54, 1.807) is 0 Å². The first kappa shape index (κ1) is 14.8. The van der Waals surface area contributed by atoms with Crippen LogP contribution in [-0.4, -0.2) is 13.1 Å². The number of carbonyl (C=O) groups excluding carboxylic acids is 1. The predicted molar refractivity (Wildman–Crippen MR) is 82.1 cm³/mol. The molecule has 1 aliphatic carbocycles. The van der Waals surface area contributed by atoms with E-state index in [9.17, 15) is 4.79 Å². The number of allylic oxidation sites excluding steroid dienone is 1. The highest BCUT2D eigenvalue weighted by Gasteiger charge is 2.55.